The molecule has 0 aliphatic heterocycles. The van der Waals surface area contributed by atoms with E-state index in [1.54, 1.807) is 6.20 Å². The molecule has 1 aliphatic carbocycles. The predicted molar refractivity (Wildman–Crippen MR) is 100 cm³/mol. The van der Waals surface area contributed by atoms with E-state index in [9.17, 15) is 0 Å². The molecule has 0 amide bonds. The van der Waals surface area contributed by atoms with Gasteiger partial charge in [-0.05, 0) is 38.8 Å². The highest BCUT2D eigenvalue weighted by atomic mass is 16.5. The molecular weight excluding hydrogens is 314 g/mol. The number of para-hydroxylation sites is 2. The lowest BCUT2D eigenvalue weighted by Gasteiger charge is -2.17. The van der Waals surface area contributed by atoms with Gasteiger partial charge in [0.1, 0.15) is 5.75 Å². The van der Waals surface area contributed by atoms with Crippen LogP contribution in [0.2, 0.25) is 0 Å². The van der Waals surface area contributed by atoms with Crippen LogP contribution in [0.4, 0.5) is 17.5 Å². The van der Waals surface area contributed by atoms with Crippen LogP contribution in [0, 0.1) is 0 Å². The summed E-state index contributed by atoms with van der Waals surface area (Å²) in [5.74, 6) is 2.02. The van der Waals surface area contributed by atoms with E-state index >= 15 is 0 Å². The number of benzene rings is 1. The molecule has 3 rings (SSSR count). The fourth-order valence-corrected chi connectivity index (χ4v) is 3.11. The van der Waals surface area contributed by atoms with Gasteiger partial charge in [0.2, 0.25) is 5.95 Å². The molecule has 1 aromatic heterocycles. The minimum absolute atomic E-state index is 0.102. The summed E-state index contributed by atoms with van der Waals surface area (Å²) >= 11 is 0. The lowest BCUT2D eigenvalue weighted by molar-refractivity contribution is 0.244. The Labute approximate surface area is 149 Å². The number of ether oxygens (including phenoxy) is 1. The number of aromatic nitrogens is 3. The van der Waals surface area contributed by atoms with Crippen LogP contribution in [0.15, 0.2) is 30.5 Å². The highest BCUT2D eigenvalue weighted by molar-refractivity contribution is 5.62. The predicted octanol–water partition coefficient (Wildman–Crippen LogP) is 4.54. The minimum atomic E-state index is 0.102. The van der Waals surface area contributed by atoms with Gasteiger partial charge < -0.3 is 15.4 Å². The summed E-state index contributed by atoms with van der Waals surface area (Å²) in [5.41, 5.74) is 0.838. The van der Waals surface area contributed by atoms with Crippen molar-refractivity contribution in [2.24, 2.45) is 0 Å². The maximum atomic E-state index is 5.83. The second-order valence-corrected chi connectivity index (χ2v) is 6.79. The van der Waals surface area contributed by atoms with Crippen molar-refractivity contribution in [3.8, 4) is 5.75 Å². The van der Waals surface area contributed by atoms with E-state index in [-0.39, 0.29) is 6.10 Å². The molecule has 25 heavy (non-hydrogen) atoms. The Morgan fingerprint density at radius 3 is 2.60 bits per heavy atom. The van der Waals surface area contributed by atoms with E-state index in [1.807, 2.05) is 38.1 Å². The Morgan fingerprint density at radius 2 is 1.84 bits per heavy atom. The lowest BCUT2D eigenvalue weighted by Crippen LogP contribution is -2.19. The Hall–Kier alpha value is -2.37. The van der Waals surface area contributed by atoms with Gasteiger partial charge in [0.25, 0.3) is 0 Å². The van der Waals surface area contributed by atoms with Crippen LogP contribution >= 0.6 is 0 Å². The molecule has 1 saturated carbocycles. The summed E-state index contributed by atoms with van der Waals surface area (Å²) in [7, 11) is 0. The molecule has 134 valence electrons. The fourth-order valence-electron chi connectivity index (χ4n) is 3.11. The van der Waals surface area contributed by atoms with Crippen LogP contribution in [-0.2, 0) is 0 Å². The minimum Gasteiger partial charge on any atom is -0.489 e. The van der Waals surface area contributed by atoms with Crippen molar-refractivity contribution in [1.29, 1.82) is 0 Å². The molecule has 0 spiro atoms. The lowest BCUT2D eigenvalue weighted by atomic mass is 10.1. The topological polar surface area (TPSA) is 72.0 Å². The van der Waals surface area contributed by atoms with Gasteiger partial charge in [0.15, 0.2) is 5.82 Å². The van der Waals surface area contributed by atoms with Gasteiger partial charge in [-0.15, -0.1) is 5.10 Å². The molecule has 2 N–H and O–H groups in total. The van der Waals surface area contributed by atoms with Crippen molar-refractivity contribution >= 4 is 17.5 Å². The average molecular weight is 341 g/mol. The highest BCUT2D eigenvalue weighted by Gasteiger charge is 2.13. The van der Waals surface area contributed by atoms with E-state index in [0.29, 0.717) is 12.0 Å². The summed E-state index contributed by atoms with van der Waals surface area (Å²) in [6.07, 6.45) is 9.40. The third-order valence-corrected chi connectivity index (χ3v) is 4.26. The first-order valence-corrected chi connectivity index (χ1v) is 9.19. The van der Waals surface area contributed by atoms with Gasteiger partial charge in [0.05, 0.1) is 18.0 Å². The first-order valence-electron chi connectivity index (χ1n) is 9.19. The van der Waals surface area contributed by atoms with Crippen LogP contribution in [0.3, 0.4) is 0 Å². The standard InChI is InChI=1S/C19H27N5O/c1-14(2)25-17-12-8-7-11-16(17)22-19-23-18(13-20-24-19)21-15-9-5-3-4-6-10-15/h7-8,11-15H,3-6,9-10H2,1-2H3,(H2,21,22,23,24). The summed E-state index contributed by atoms with van der Waals surface area (Å²) in [5, 5.41) is 14.9. The average Bonchev–Trinajstić information content (AvgIpc) is 2.85. The molecule has 0 bridgehead atoms. The SMILES string of the molecule is CC(C)Oc1ccccc1Nc1nncc(NC2CCCCCC2)n1. The number of anilines is 3. The number of nitrogens with one attached hydrogen (secondary N) is 2. The van der Waals surface area contributed by atoms with E-state index in [2.05, 4.69) is 25.8 Å². The van der Waals surface area contributed by atoms with Gasteiger partial charge in [0, 0.05) is 6.04 Å². The van der Waals surface area contributed by atoms with Crippen molar-refractivity contribution in [2.45, 2.75) is 64.5 Å². The zero-order valence-corrected chi connectivity index (χ0v) is 15.0. The van der Waals surface area contributed by atoms with Crippen molar-refractivity contribution < 1.29 is 4.74 Å². The Morgan fingerprint density at radius 1 is 1.08 bits per heavy atom. The van der Waals surface area contributed by atoms with Gasteiger partial charge in [-0.25, -0.2) is 0 Å². The monoisotopic (exact) mass is 341 g/mol. The quantitative estimate of drug-likeness (QED) is 0.752. The molecule has 0 saturated heterocycles. The largest absolute Gasteiger partial charge is 0.489 e. The molecule has 0 atom stereocenters. The van der Waals surface area contributed by atoms with Gasteiger partial charge in [-0.3, -0.25) is 0 Å². The maximum Gasteiger partial charge on any atom is 0.249 e. The van der Waals surface area contributed by atoms with Crippen LogP contribution in [-0.4, -0.2) is 27.3 Å². The van der Waals surface area contributed by atoms with E-state index in [1.165, 1.54) is 38.5 Å². The van der Waals surface area contributed by atoms with Gasteiger partial charge >= 0.3 is 0 Å². The van der Waals surface area contributed by atoms with E-state index in [4.69, 9.17) is 4.74 Å². The summed E-state index contributed by atoms with van der Waals surface area (Å²) < 4.78 is 5.83. The summed E-state index contributed by atoms with van der Waals surface area (Å²) in [4.78, 5) is 4.56. The molecule has 1 fully saturated rings. The molecule has 0 unspecified atom stereocenters. The fraction of sp³-hybridized carbons (Fsp3) is 0.526. The highest BCUT2D eigenvalue weighted by Crippen LogP contribution is 2.27. The number of rotatable bonds is 6. The maximum absolute atomic E-state index is 5.83. The zero-order chi connectivity index (χ0) is 17.5. The van der Waals surface area contributed by atoms with Gasteiger partial charge in [-0.2, -0.15) is 10.1 Å². The first kappa shape index (κ1) is 17.5. The van der Waals surface area contributed by atoms with Crippen LogP contribution in [0.5, 0.6) is 5.75 Å². The van der Waals surface area contributed by atoms with Crippen LogP contribution in [0.25, 0.3) is 0 Å². The molecule has 2 aromatic rings. The van der Waals surface area contributed by atoms with Crippen molar-refractivity contribution in [2.75, 3.05) is 10.6 Å². The van der Waals surface area contributed by atoms with Crippen LogP contribution in [0.1, 0.15) is 52.4 Å². The summed E-state index contributed by atoms with van der Waals surface area (Å²) in [6, 6.07) is 8.27. The Kier molecular flexibility index (Phi) is 6.04. The third-order valence-electron chi connectivity index (χ3n) is 4.26. The van der Waals surface area contributed by atoms with Gasteiger partial charge in [-0.1, -0.05) is 37.8 Å². The molecule has 0 radical (unpaired) electrons. The smallest absolute Gasteiger partial charge is 0.249 e. The zero-order valence-electron chi connectivity index (χ0n) is 15.0. The molecule has 6 heteroatoms. The Balaban J connectivity index is 1.69. The number of hydrogen-bond donors (Lipinski definition) is 2. The molecule has 1 aromatic carbocycles. The Bertz CT molecular complexity index is 668. The first-order chi connectivity index (χ1) is 12.2. The van der Waals surface area contributed by atoms with E-state index in [0.717, 1.165) is 17.3 Å². The second kappa shape index (κ2) is 8.65. The summed E-state index contributed by atoms with van der Waals surface area (Å²) in [6.45, 7) is 4.01. The third kappa shape index (κ3) is 5.31. The number of nitrogens with zero attached hydrogens (tertiary/aromatic N) is 3. The number of hydrogen-bond acceptors (Lipinski definition) is 6. The van der Waals surface area contributed by atoms with Crippen LogP contribution < -0.4 is 15.4 Å². The molecule has 1 heterocycles. The molecular formula is C19H27N5O. The normalized spacial score (nSPS) is 15.6. The molecule has 6 nitrogen and oxygen atoms in total. The molecule has 1 aliphatic rings. The van der Waals surface area contributed by atoms with E-state index < -0.39 is 0 Å². The van der Waals surface area contributed by atoms with Crippen molar-refractivity contribution in [3.05, 3.63) is 30.5 Å². The van der Waals surface area contributed by atoms with Crippen molar-refractivity contribution in [3.63, 3.8) is 0 Å². The second-order valence-electron chi connectivity index (χ2n) is 6.79. The van der Waals surface area contributed by atoms with Crippen molar-refractivity contribution in [1.82, 2.24) is 15.2 Å².